The van der Waals surface area contributed by atoms with Crippen LogP contribution in [0.4, 0.5) is 4.79 Å². The minimum Gasteiger partial charge on any atom is -0.465 e. The Hall–Kier alpha value is -0.380. The van der Waals surface area contributed by atoms with Crippen LogP contribution >= 0.6 is 12.6 Å². The molecule has 0 aromatic heterocycles. The molecule has 0 radical (unpaired) electrons. The second-order valence-corrected chi connectivity index (χ2v) is 4.89. The van der Waals surface area contributed by atoms with Crippen molar-refractivity contribution in [2.45, 2.75) is 50.8 Å². The fraction of sp³-hybridized carbons (Fsp3) is 0.909. The second-order valence-electron chi connectivity index (χ2n) is 4.29. The van der Waals surface area contributed by atoms with E-state index in [1.807, 2.05) is 6.92 Å². The summed E-state index contributed by atoms with van der Waals surface area (Å²) in [4.78, 5) is 12.3. The SMILES string of the molecule is CCN(C(=O)O)C(S)CC1CCCCC1. The quantitative estimate of drug-likeness (QED) is 0.576. The van der Waals surface area contributed by atoms with Gasteiger partial charge >= 0.3 is 6.09 Å². The summed E-state index contributed by atoms with van der Waals surface area (Å²) in [6, 6.07) is 0. The highest BCUT2D eigenvalue weighted by molar-refractivity contribution is 7.80. The maximum absolute atomic E-state index is 10.9. The molecule has 1 aliphatic rings. The van der Waals surface area contributed by atoms with Crippen LogP contribution in [0.3, 0.4) is 0 Å². The molecule has 1 atom stereocenters. The van der Waals surface area contributed by atoms with E-state index in [0.29, 0.717) is 12.5 Å². The maximum Gasteiger partial charge on any atom is 0.408 e. The highest BCUT2D eigenvalue weighted by Gasteiger charge is 2.23. The van der Waals surface area contributed by atoms with Gasteiger partial charge in [-0.3, -0.25) is 4.90 Å². The standard InChI is InChI=1S/C11H21NO2S/c1-2-12(11(13)14)10(15)8-9-6-4-3-5-7-9/h9-10,15H,2-8H2,1H3,(H,13,14). The van der Waals surface area contributed by atoms with Crippen LogP contribution in [0.5, 0.6) is 0 Å². The fourth-order valence-corrected chi connectivity index (χ4v) is 2.88. The van der Waals surface area contributed by atoms with E-state index in [1.165, 1.54) is 37.0 Å². The summed E-state index contributed by atoms with van der Waals surface area (Å²) in [7, 11) is 0. The Morgan fingerprint density at radius 3 is 2.53 bits per heavy atom. The molecule has 1 N–H and O–H groups in total. The van der Waals surface area contributed by atoms with Gasteiger partial charge in [0.15, 0.2) is 0 Å². The van der Waals surface area contributed by atoms with E-state index in [0.717, 1.165) is 6.42 Å². The number of thiol groups is 1. The maximum atomic E-state index is 10.9. The highest BCUT2D eigenvalue weighted by atomic mass is 32.1. The zero-order valence-corrected chi connectivity index (χ0v) is 10.2. The lowest BCUT2D eigenvalue weighted by Gasteiger charge is -2.29. The number of hydrogen-bond donors (Lipinski definition) is 2. The topological polar surface area (TPSA) is 40.5 Å². The molecule has 0 aromatic carbocycles. The van der Waals surface area contributed by atoms with Crippen molar-refractivity contribution >= 4 is 18.7 Å². The van der Waals surface area contributed by atoms with Gasteiger partial charge in [-0.15, -0.1) is 0 Å². The fourth-order valence-electron chi connectivity index (χ4n) is 2.32. The molecular formula is C11H21NO2S. The molecule has 1 unspecified atom stereocenters. The summed E-state index contributed by atoms with van der Waals surface area (Å²) in [5.41, 5.74) is 0. The van der Waals surface area contributed by atoms with Gasteiger partial charge < -0.3 is 5.11 Å². The molecule has 0 aliphatic heterocycles. The van der Waals surface area contributed by atoms with Gasteiger partial charge in [-0.1, -0.05) is 32.1 Å². The largest absolute Gasteiger partial charge is 0.465 e. The lowest BCUT2D eigenvalue weighted by molar-refractivity contribution is 0.136. The van der Waals surface area contributed by atoms with Crippen LogP contribution < -0.4 is 0 Å². The van der Waals surface area contributed by atoms with Gasteiger partial charge in [-0.25, -0.2) is 4.79 Å². The molecule has 4 heteroatoms. The zero-order valence-electron chi connectivity index (χ0n) is 9.35. The summed E-state index contributed by atoms with van der Waals surface area (Å²) >= 11 is 4.40. The van der Waals surface area contributed by atoms with E-state index in [1.54, 1.807) is 0 Å². The van der Waals surface area contributed by atoms with Crippen LogP contribution in [0.15, 0.2) is 0 Å². The predicted molar refractivity (Wildman–Crippen MR) is 64.4 cm³/mol. The lowest BCUT2D eigenvalue weighted by atomic mass is 9.87. The van der Waals surface area contributed by atoms with Crippen molar-refractivity contribution in [1.29, 1.82) is 0 Å². The third-order valence-corrected chi connectivity index (χ3v) is 3.70. The molecular weight excluding hydrogens is 210 g/mol. The summed E-state index contributed by atoms with van der Waals surface area (Å²) in [5, 5.41) is 8.82. The monoisotopic (exact) mass is 231 g/mol. The first-order valence-corrected chi connectivity index (χ1v) is 6.34. The van der Waals surface area contributed by atoms with Crippen molar-refractivity contribution < 1.29 is 9.90 Å². The Balaban J connectivity index is 2.38. The molecule has 0 heterocycles. The van der Waals surface area contributed by atoms with Gasteiger partial charge in [-0.2, -0.15) is 12.6 Å². The van der Waals surface area contributed by atoms with Crippen LogP contribution in [-0.4, -0.2) is 28.0 Å². The third-order valence-electron chi connectivity index (χ3n) is 3.22. The average molecular weight is 231 g/mol. The Kier molecular flexibility index (Phi) is 5.29. The molecule has 15 heavy (non-hydrogen) atoms. The van der Waals surface area contributed by atoms with Gasteiger partial charge in [0.05, 0.1) is 5.37 Å². The van der Waals surface area contributed by atoms with E-state index in [2.05, 4.69) is 12.6 Å². The van der Waals surface area contributed by atoms with E-state index in [9.17, 15) is 4.79 Å². The Morgan fingerprint density at radius 2 is 2.07 bits per heavy atom. The van der Waals surface area contributed by atoms with E-state index >= 15 is 0 Å². The van der Waals surface area contributed by atoms with Crippen LogP contribution in [-0.2, 0) is 0 Å². The first kappa shape index (κ1) is 12.7. The van der Waals surface area contributed by atoms with Crippen molar-refractivity contribution in [1.82, 2.24) is 4.90 Å². The van der Waals surface area contributed by atoms with Crippen molar-refractivity contribution in [2.75, 3.05) is 6.54 Å². The molecule has 1 fully saturated rings. The first-order valence-electron chi connectivity index (χ1n) is 5.82. The van der Waals surface area contributed by atoms with Gasteiger partial charge in [0.2, 0.25) is 0 Å². The molecule has 0 aromatic rings. The predicted octanol–water partition coefficient (Wildman–Crippen LogP) is 3.21. The molecule has 3 nitrogen and oxygen atoms in total. The molecule has 1 rings (SSSR count). The summed E-state index contributed by atoms with van der Waals surface area (Å²) in [5.74, 6) is 0.676. The number of rotatable bonds is 4. The minimum absolute atomic E-state index is 0.129. The smallest absolute Gasteiger partial charge is 0.408 e. The highest BCUT2D eigenvalue weighted by Crippen LogP contribution is 2.29. The van der Waals surface area contributed by atoms with Crippen molar-refractivity contribution in [3.05, 3.63) is 0 Å². The van der Waals surface area contributed by atoms with E-state index in [4.69, 9.17) is 5.11 Å². The number of hydrogen-bond acceptors (Lipinski definition) is 2. The van der Waals surface area contributed by atoms with E-state index < -0.39 is 6.09 Å². The zero-order chi connectivity index (χ0) is 11.3. The average Bonchev–Trinajstić information content (AvgIpc) is 2.19. The molecule has 0 saturated heterocycles. The lowest BCUT2D eigenvalue weighted by Crippen LogP contribution is -2.37. The van der Waals surface area contributed by atoms with Crippen molar-refractivity contribution in [3.63, 3.8) is 0 Å². The van der Waals surface area contributed by atoms with E-state index in [-0.39, 0.29) is 5.37 Å². The Labute approximate surface area is 97.3 Å². The van der Waals surface area contributed by atoms with Crippen LogP contribution in [0.25, 0.3) is 0 Å². The van der Waals surface area contributed by atoms with Crippen molar-refractivity contribution in [2.24, 2.45) is 5.92 Å². The van der Waals surface area contributed by atoms with Crippen LogP contribution in [0, 0.1) is 5.92 Å². The van der Waals surface area contributed by atoms with Gasteiger partial charge in [-0.05, 0) is 19.3 Å². The minimum atomic E-state index is -0.853. The molecule has 0 bridgehead atoms. The first-order chi connectivity index (χ1) is 7.15. The third kappa shape index (κ3) is 3.93. The van der Waals surface area contributed by atoms with Crippen LogP contribution in [0.1, 0.15) is 45.4 Å². The van der Waals surface area contributed by atoms with Crippen molar-refractivity contribution in [3.8, 4) is 0 Å². The number of carbonyl (C=O) groups is 1. The van der Waals surface area contributed by atoms with Gasteiger partial charge in [0.1, 0.15) is 0 Å². The Bertz CT molecular complexity index is 205. The molecule has 0 spiro atoms. The Morgan fingerprint density at radius 1 is 1.47 bits per heavy atom. The summed E-state index contributed by atoms with van der Waals surface area (Å²) < 4.78 is 0. The molecule has 88 valence electrons. The van der Waals surface area contributed by atoms with Gasteiger partial charge in [0.25, 0.3) is 0 Å². The molecule has 1 aliphatic carbocycles. The molecule has 1 amide bonds. The number of amides is 1. The molecule has 1 saturated carbocycles. The number of nitrogens with zero attached hydrogens (tertiary/aromatic N) is 1. The number of carboxylic acid groups (broad SMARTS) is 1. The van der Waals surface area contributed by atoms with Crippen LogP contribution in [0.2, 0.25) is 0 Å². The summed E-state index contributed by atoms with van der Waals surface area (Å²) in [6.45, 7) is 2.38. The summed E-state index contributed by atoms with van der Waals surface area (Å²) in [6.07, 6.45) is 6.47. The second kappa shape index (κ2) is 6.26. The normalized spacial score (nSPS) is 19.9. The van der Waals surface area contributed by atoms with Gasteiger partial charge in [0, 0.05) is 6.54 Å².